The van der Waals surface area contributed by atoms with Gasteiger partial charge in [-0.3, -0.25) is 4.79 Å². The molecule has 0 aliphatic carbocycles. The van der Waals surface area contributed by atoms with E-state index in [2.05, 4.69) is 0 Å². The second kappa shape index (κ2) is 2.13. The fourth-order valence-electron chi connectivity index (χ4n) is 1.95. The summed E-state index contributed by atoms with van der Waals surface area (Å²) in [4.78, 5) is 11.6. The molecule has 0 radical (unpaired) electrons. The zero-order chi connectivity index (χ0) is 9.92. The molecular formula is C9H7FN2O2. The molecule has 5 heteroatoms. The number of halogens is 1. The van der Waals surface area contributed by atoms with Crippen LogP contribution in [0.5, 0.6) is 0 Å². The minimum absolute atomic E-state index is 0.303. The van der Waals surface area contributed by atoms with Crippen LogP contribution in [0.1, 0.15) is 15.9 Å². The van der Waals surface area contributed by atoms with E-state index in [1.165, 1.54) is 7.11 Å². The molecule has 1 saturated heterocycles. The van der Waals surface area contributed by atoms with E-state index in [4.69, 9.17) is 4.74 Å². The summed E-state index contributed by atoms with van der Waals surface area (Å²) < 4.78 is 18.3. The highest BCUT2D eigenvalue weighted by Crippen LogP contribution is 2.55. The number of hydrogen-bond acceptors (Lipinski definition) is 3. The quantitative estimate of drug-likeness (QED) is 0.494. The molecule has 14 heavy (non-hydrogen) atoms. The van der Waals surface area contributed by atoms with Gasteiger partial charge in [0, 0.05) is 17.9 Å². The maximum atomic E-state index is 13.2. The van der Waals surface area contributed by atoms with Crippen molar-refractivity contribution in [2.75, 3.05) is 7.11 Å². The fraction of sp³-hybridized carbons (Fsp3) is 0.222. The summed E-state index contributed by atoms with van der Waals surface area (Å²) in [5.41, 5.74) is 1.07. The molecule has 3 rings (SSSR count). The summed E-state index contributed by atoms with van der Waals surface area (Å²) in [5.74, 6) is -1.64. The standard InChI is InChI=1S/C9H7FN2O2/c1-14-9-7-5-3-2-4-6(7)8(13)11(9)12(9)10/h2-5H,1H3. The van der Waals surface area contributed by atoms with E-state index >= 15 is 0 Å². The molecule has 0 saturated carbocycles. The van der Waals surface area contributed by atoms with E-state index in [1.54, 1.807) is 24.3 Å². The van der Waals surface area contributed by atoms with Gasteiger partial charge in [-0.05, 0) is 6.07 Å². The number of ether oxygens (including phenoxy) is 1. The fourth-order valence-corrected chi connectivity index (χ4v) is 1.95. The van der Waals surface area contributed by atoms with Crippen LogP contribution in [0.2, 0.25) is 0 Å². The van der Waals surface area contributed by atoms with E-state index in [9.17, 15) is 9.28 Å². The second-order valence-corrected chi connectivity index (χ2v) is 3.24. The van der Waals surface area contributed by atoms with Crippen molar-refractivity contribution in [1.82, 2.24) is 10.2 Å². The van der Waals surface area contributed by atoms with Crippen LogP contribution in [0.15, 0.2) is 24.3 Å². The normalized spacial score (nSPS) is 32.9. The van der Waals surface area contributed by atoms with Crippen LogP contribution in [0.3, 0.4) is 0 Å². The summed E-state index contributed by atoms with van der Waals surface area (Å²) in [5, 5.41) is 1.26. The molecule has 1 aromatic carbocycles. The lowest BCUT2D eigenvalue weighted by molar-refractivity contribution is -0.0396. The van der Waals surface area contributed by atoms with Gasteiger partial charge >= 0.3 is 0 Å². The van der Waals surface area contributed by atoms with Crippen molar-refractivity contribution in [3.63, 3.8) is 0 Å². The average molecular weight is 194 g/mol. The van der Waals surface area contributed by atoms with Crippen LogP contribution < -0.4 is 0 Å². The van der Waals surface area contributed by atoms with E-state index in [-0.39, 0.29) is 5.91 Å². The van der Waals surface area contributed by atoms with E-state index in [0.717, 1.165) is 5.01 Å². The zero-order valence-electron chi connectivity index (χ0n) is 7.40. The van der Waals surface area contributed by atoms with Crippen LogP contribution in [0.25, 0.3) is 0 Å². The predicted molar refractivity (Wildman–Crippen MR) is 44.2 cm³/mol. The van der Waals surface area contributed by atoms with Gasteiger partial charge in [-0.1, -0.05) is 18.2 Å². The summed E-state index contributed by atoms with van der Waals surface area (Å²) in [6.45, 7) is 0. The SMILES string of the molecule is COC12c3ccccc3C(=O)N1N2F. The molecule has 1 aromatic rings. The van der Waals surface area contributed by atoms with Crippen molar-refractivity contribution >= 4 is 5.91 Å². The second-order valence-electron chi connectivity index (χ2n) is 3.24. The van der Waals surface area contributed by atoms with Crippen molar-refractivity contribution in [2.24, 2.45) is 0 Å². The lowest BCUT2D eigenvalue weighted by atomic mass is 10.1. The van der Waals surface area contributed by atoms with E-state index in [1.807, 2.05) is 0 Å². The lowest BCUT2D eigenvalue weighted by Gasteiger charge is -2.07. The average Bonchev–Trinajstić information content (AvgIpc) is 2.73. The van der Waals surface area contributed by atoms with Crippen LogP contribution in [-0.2, 0) is 10.6 Å². The Bertz CT molecular complexity index is 437. The highest BCUT2D eigenvalue weighted by molar-refractivity contribution is 6.01. The summed E-state index contributed by atoms with van der Waals surface area (Å²) in [7, 11) is 1.38. The summed E-state index contributed by atoms with van der Waals surface area (Å²) >= 11 is 0. The number of nitrogens with zero attached hydrogens (tertiary/aromatic N) is 2. The van der Waals surface area contributed by atoms with Crippen LogP contribution in [-0.4, -0.2) is 23.3 Å². The van der Waals surface area contributed by atoms with Gasteiger partial charge in [0.15, 0.2) is 0 Å². The Balaban J connectivity index is 2.24. The van der Waals surface area contributed by atoms with Crippen LogP contribution in [0, 0.1) is 0 Å². The topological polar surface area (TPSA) is 32.3 Å². The van der Waals surface area contributed by atoms with Gasteiger partial charge in [0.2, 0.25) is 0 Å². The molecule has 2 unspecified atom stereocenters. The van der Waals surface area contributed by atoms with Gasteiger partial charge in [0.1, 0.15) is 0 Å². The number of carbonyl (C=O) groups is 1. The van der Waals surface area contributed by atoms with Gasteiger partial charge in [-0.2, -0.15) is 5.01 Å². The zero-order valence-corrected chi connectivity index (χ0v) is 7.40. The molecule has 2 aliphatic rings. The van der Waals surface area contributed by atoms with E-state index in [0.29, 0.717) is 16.4 Å². The molecular weight excluding hydrogens is 187 g/mol. The highest BCUT2D eigenvalue weighted by Gasteiger charge is 2.74. The first-order valence-electron chi connectivity index (χ1n) is 4.18. The first kappa shape index (κ1) is 7.90. The van der Waals surface area contributed by atoms with Crippen molar-refractivity contribution in [1.29, 1.82) is 0 Å². The molecule has 0 N–H and O–H groups in total. The number of rotatable bonds is 1. The molecule has 1 fully saturated rings. The minimum Gasteiger partial charge on any atom is -0.338 e. The van der Waals surface area contributed by atoms with Crippen LogP contribution >= 0.6 is 0 Å². The molecule has 0 bridgehead atoms. The Morgan fingerprint density at radius 1 is 1.43 bits per heavy atom. The first-order chi connectivity index (χ1) is 6.73. The summed E-state index contributed by atoms with van der Waals surface area (Å²) in [6, 6.07) is 6.85. The summed E-state index contributed by atoms with van der Waals surface area (Å²) in [6.07, 6.45) is 0. The Morgan fingerprint density at radius 3 is 2.86 bits per heavy atom. The predicted octanol–water partition coefficient (Wildman–Crippen LogP) is 1.01. The Hall–Kier alpha value is -1.46. The van der Waals surface area contributed by atoms with Gasteiger partial charge in [0.25, 0.3) is 11.8 Å². The number of benzene rings is 1. The third kappa shape index (κ3) is 0.584. The largest absolute Gasteiger partial charge is 0.338 e. The highest BCUT2D eigenvalue weighted by atomic mass is 19.2. The molecule has 2 atom stereocenters. The number of hydrogen-bond donors (Lipinski definition) is 0. The Kier molecular flexibility index (Phi) is 1.20. The Morgan fingerprint density at radius 2 is 2.14 bits per heavy atom. The van der Waals surface area contributed by atoms with E-state index < -0.39 is 5.85 Å². The van der Waals surface area contributed by atoms with Crippen molar-refractivity contribution in [3.05, 3.63) is 35.4 Å². The maximum Gasteiger partial charge on any atom is 0.293 e. The van der Waals surface area contributed by atoms with Gasteiger partial charge in [0.05, 0.1) is 5.56 Å². The number of carbonyl (C=O) groups excluding carboxylic acids is 1. The van der Waals surface area contributed by atoms with Gasteiger partial charge in [-0.25, -0.2) is 0 Å². The number of fused-ring (bicyclic) bond motifs is 3. The van der Waals surface area contributed by atoms with Gasteiger partial charge in [-0.15, -0.1) is 4.48 Å². The number of methoxy groups -OCH3 is 1. The monoisotopic (exact) mass is 194 g/mol. The molecule has 72 valence electrons. The Labute approximate surface area is 79.4 Å². The third-order valence-corrected chi connectivity index (χ3v) is 2.66. The first-order valence-corrected chi connectivity index (χ1v) is 4.18. The minimum atomic E-state index is -1.28. The van der Waals surface area contributed by atoms with Crippen LogP contribution in [0.4, 0.5) is 4.48 Å². The number of hydrazine groups is 1. The third-order valence-electron chi connectivity index (χ3n) is 2.66. The van der Waals surface area contributed by atoms with Gasteiger partial charge < -0.3 is 4.74 Å². The maximum absolute atomic E-state index is 13.2. The van der Waals surface area contributed by atoms with Crippen molar-refractivity contribution in [2.45, 2.75) is 5.85 Å². The molecule has 0 aromatic heterocycles. The molecule has 2 heterocycles. The van der Waals surface area contributed by atoms with Crippen molar-refractivity contribution < 1.29 is 14.0 Å². The van der Waals surface area contributed by atoms with Crippen molar-refractivity contribution in [3.8, 4) is 0 Å². The number of amides is 1. The smallest absolute Gasteiger partial charge is 0.293 e. The molecule has 2 aliphatic heterocycles. The lowest BCUT2D eigenvalue weighted by Crippen LogP contribution is -2.14. The molecule has 1 amide bonds. The molecule has 0 spiro atoms. The molecule has 4 nitrogen and oxygen atoms in total.